The Morgan fingerprint density at radius 1 is 1.26 bits per heavy atom. The first kappa shape index (κ1) is 19.8. The lowest BCUT2D eigenvalue weighted by Crippen LogP contribution is -2.47. The number of halogens is 1. The third-order valence-corrected chi connectivity index (χ3v) is 6.46. The van der Waals surface area contributed by atoms with Crippen molar-refractivity contribution in [2.24, 2.45) is 11.0 Å². The predicted molar refractivity (Wildman–Crippen MR) is 112 cm³/mol. The van der Waals surface area contributed by atoms with E-state index in [9.17, 15) is 14.4 Å². The zero-order valence-corrected chi connectivity index (χ0v) is 17.6. The first-order valence-electron chi connectivity index (χ1n) is 10.2. The van der Waals surface area contributed by atoms with E-state index in [1.807, 2.05) is 12.1 Å². The number of hydrogen-bond acceptors (Lipinski definition) is 5. The van der Waals surface area contributed by atoms with E-state index in [4.69, 9.17) is 16.0 Å². The van der Waals surface area contributed by atoms with E-state index < -0.39 is 23.5 Å². The van der Waals surface area contributed by atoms with Crippen LogP contribution in [0, 0.1) is 5.92 Å². The fourth-order valence-electron chi connectivity index (χ4n) is 4.26. The van der Waals surface area contributed by atoms with Crippen LogP contribution in [0.2, 0.25) is 5.02 Å². The minimum atomic E-state index is -0.930. The van der Waals surface area contributed by atoms with E-state index in [0.717, 1.165) is 23.3 Å². The Morgan fingerprint density at radius 3 is 2.65 bits per heavy atom. The van der Waals surface area contributed by atoms with Gasteiger partial charge in [0.1, 0.15) is 23.9 Å². The van der Waals surface area contributed by atoms with E-state index in [1.165, 1.54) is 11.3 Å². The summed E-state index contributed by atoms with van der Waals surface area (Å²) in [6, 6.07) is 9.74. The number of carbonyl (C=O) groups excluding carboxylic acids is 3. The molecule has 2 aromatic rings. The van der Waals surface area contributed by atoms with Gasteiger partial charge in [0.15, 0.2) is 0 Å². The second-order valence-electron chi connectivity index (χ2n) is 8.33. The van der Waals surface area contributed by atoms with E-state index >= 15 is 0 Å². The minimum Gasteiger partial charge on any atom is -0.467 e. The summed E-state index contributed by atoms with van der Waals surface area (Å²) >= 11 is 5.98. The number of nitrogens with one attached hydrogen (secondary N) is 1. The first-order chi connectivity index (χ1) is 14.9. The van der Waals surface area contributed by atoms with Crippen molar-refractivity contribution in [1.82, 2.24) is 15.2 Å². The molecule has 2 aliphatic heterocycles. The quantitative estimate of drug-likeness (QED) is 0.721. The number of amides is 4. The van der Waals surface area contributed by atoms with Gasteiger partial charge in [-0.15, -0.1) is 0 Å². The monoisotopic (exact) mass is 440 g/mol. The lowest BCUT2D eigenvalue weighted by Gasteiger charge is -2.23. The molecule has 3 heterocycles. The van der Waals surface area contributed by atoms with Gasteiger partial charge in [0, 0.05) is 11.4 Å². The molecule has 1 aliphatic carbocycles. The van der Waals surface area contributed by atoms with Gasteiger partial charge in [-0.2, -0.15) is 5.10 Å². The van der Waals surface area contributed by atoms with Crippen molar-refractivity contribution in [3.63, 3.8) is 0 Å². The van der Waals surface area contributed by atoms with Gasteiger partial charge in [-0.1, -0.05) is 23.7 Å². The molecule has 2 unspecified atom stereocenters. The highest BCUT2D eigenvalue weighted by atomic mass is 35.5. The van der Waals surface area contributed by atoms with Crippen molar-refractivity contribution in [2.75, 3.05) is 6.54 Å². The maximum atomic E-state index is 13.2. The van der Waals surface area contributed by atoms with Gasteiger partial charge in [0.25, 0.3) is 11.8 Å². The summed E-state index contributed by atoms with van der Waals surface area (Å²) in [6.07, 6.45) is 3.77. The normalized spacial score (nSPS) is 25.7. The second-order valence-corrected chi connectivity index (χ2v) is 8.76. The van der Waals surface area contributed by atoms with Crippen LogP contribution in [-0.2, 0) is 9.59 Å². The van der Waals surface area contributed by atoms with Crippen LogP contribution in [0.5, 0.6) is 0 Å². The van der Waals surface area contributed by atoms with Crippen molar-refractivity contribution in [1.29, 1.82) is 0 Å². The number of carbonyl (C=O) groups is 3. The predicted octanol–water partition coefficient (Wildman–Crippen LogP) is 3.33. The van der Waals surface area contributed by atoms with Crippen LogP contribution >= 0.6 is 11.6 Å². The summed E-state index contributed by atoms with van der Waals surface area (Å²) in [6.45, 7) is 1.36. The molecule has 9 heteroatoms. The summed E-state index contributed by atoms with van der Waals surface area (Å²) < 4.78 is 5.54. The molecule has 1 aromatic carbocycles. The molecule has 160 valence electrons. The van der Waals surface area contributed by atoms with Crippen molar-refractivity contribution in [2.45, 2.75) is 37.8 Å². The summed E-state index contributed by atoms with van der Waals surface area (Å²) in [5.74, 6) is -0.0970. The number of benzene rings is 1. The zero-order chi connectivity index (χ0) is 21.8. The number of hydrazone groups is 1. The van der Waals surface area contributed by atoms with E-state index in [2.05, 4.69) is 10.4 Å². The van der Waals surface area contributed by atoms with E-state index in [1.54, 1.807) is 31.2 Å². The highest BCUT2D eigenvalue weighted by molar-refractivity contribution is 6.30. The SMILES string of the molecule is CC1(C2CC2)NC(=O)N(CC(=O)N2N=C(c3ccc(Cl)cc3)CC2c2ccco2)C1=O. The molecule has 0 spiro atoms. The Morgan fingerprint density at radius 2 is 2.00 bits per heavy atom. The molecule has 5 rings (SSSR count). The Bertz CT molecular complexity index is 1080. The minimum absolute atomic E-state index is 0.126. The number of rotatable bonds is 5. The molecule has 31 heavy (non-hydrogen) atoms. The topological polar surface area (TPSA) is 95.2 Å². The van der Waals surface area contributed by atoms with Crippen molar-refractivity contribution >= 4 is 35.2 Å². The Labute approximate surface area is 183 Å². The van der Waals surface area contributed by atoms with Crippen LogP contribution in [0.25, 0.3) is 0 Å². The molecular weight excluding hydrogens is 420 g/mol. The lowest BCUT2D eigenvalue weighted by atomic mass is 9.96. The second kappa shape index (κ2) is 7.23. The van der Waals surface area contributed by atoms with Crippen LogP contribution in [0.1, 0.15) is 43.6 Å². The van der Waals surface area contributed by atoms with Gasteiger partial charge >= 0.3 is 6.03 Å². The van der Waals surface area contributed by atoms with E-state index in [-0.39, 0.29) is 18.4 Å². The number of imide groups is 1. The molecule has 1 saturated carbocycles. The smallest absolute Gasteiger partial charge is 0.325 e. The molecule has 1 saturated heterocycles. The lowest BCUT2D eigenvalue weighted by molar-refractivity contribution is -0.140. The summed E-state index contributed by atoms with van der Waals surface area (Å²) in [4.78, 5) is 39.6. The summed E-state index contributed by atoms with van der Waals surface area (Å²) in [7, 11) is 0. The third-order valence-electron chi connectivity index (χ3n) is 6.20. The molecule has 2 atom stereocenters. The van der Waals surface area contributed by atoms with Crippen LogP contribution < -0.4 is 5.32 Å². The Hall–Kier alpha value is -3.13. The number of urea groups is 1. The number of hydrogen-bond donors (Lipinski definition) is 1. The van der Waals surface area contributed by atoms with Crippen molar-refractivity contribution in [3.8, 4) is 0 Å². The maximum absolute atomic E-state index is 13.2. The zero-order valence-electron chi connectivity index (χ0n) is 16.9. The number of nitrogens with zero attached hydrogens (tertiary/aromatic N) is 3. The summed E-state index contributed by atoms with van der Waals surface area (Å²) in [5, 5.41) is 9.22. The van der Waals surface area contributed by atoms with Crippen LogP contribution in [0.15, 0.2) is 52.2 Å². The van der Waals surface area contributed by atoms with Gasteiger partial charge in [0.05, 0.1) is 12.0 Å². The fraction of sp³-hybridized carbons (Fsp3) is 0.364. The molecule has 0 radical (unpaired) electrons. The standard InChI is InChI=1S/C22H21ClN4O4/c1-22(14-6-7-14)20(29)26(21(30)24-22)12-19(28)27-17(18-3-2-10-31-18)11-16(25-27)13-4-8-15(23)9-5-13/h2-5,8-10,14,17H,6-7,11-12H2,1H3,(H,24,30). The highest BCUT2D eigenvalue weighted by Gasteiger charge is 2.56. The fourth-order valence-corrected chi connectivity index (χ4v) is 4.39. The van der Waals surface area contributed by atoms with Gasteiger partial charge < -0.3 is 9.73 Å². The van der Waals surface area contributed by atoms with Gasteiger partial charge in [-0.05, 0) is 55.5 Å². The average molecular weight is 441 g/mol. The highest BCUT2D eigenvalue weighted by Crippen LogP contribution is 2.42. The van der Waals surface area contributed by atoms with Crippen LogP contribution in [-0.4, -0.2) is 45.5 Å². The van der Waals surface area contributed by atoms with Gasteiger partial charge in [-0.25, -0.2) is 9.80 Å². The van der Waals surface area contributed by atoms with Crippen LogP contribution in [0.3, 0.4) is 0 Å². The van der Waals surface area contributed by atoms with Crippen molar-refractivity contribution < 1.29 is 18.8 Å². The van der Waals surface area contributed by atoms with Crippen molar-refractivity contribution in [3.05, 3.63) is 59.0 Å². The molecular formula is C22H21ClN4O4. The van der Waals surface area contributed by atoms with Gasteiger partial charge in [0.2, 0.25) is 0 Å². The molecule has 0 bridgehead atoms. The summed E-state index contributed by atoms with van der Waals surface area (Å²) in [5.41, 5.74) is 0.611. The molecule has 4 amide bonds. The number of furan rings is 1. The average Bonchev–Trinajstić information content (AvgIpc) is 3.22. The third kappa shape index (κ3) is 3.40. The maximum Gasteiger partial charge on any atom is 0.325 e. The first-order valence-corrected chi connectivity index (χ1v) is 10.6. The molecule has 1 N–H and O–H groups in total. The van der Waals surface area contributed by atoms with E-state index in [0.29, 0.717) is 22.9 Å². The molecule has 8 nitrogen and oxygen atoms in total. The Balaban J connectivity index is 1.40. The molecule has 3 aliphatic rings. The Kier molecular flexibility index (Phi) is 4.62. The van der Waals surface area contributed by atoms with Gasteiger partial charge in [-0.3, -0.25) is 14.5 Å². The van der Waals surface area contributed by atoms with Crippen LogP contribution in [0.4, 0.5) is 4.79 Å². The molecule has 2 fully saturated rings. The largest absolute Gasteiger partial charge is 0.467 e. The molecule has 1 aromatic heterocycles.